The summed E-state index contributed by atoms with van der Waals surface area (Å²) >= 11 is 0. The lowest BCUT2D eigenvalue weighted by Crippen LogP contribution is -2.30. The van der Waals surface area contributed by atoms with Crippen molar-refractivity contribution in [3.8, 4) is 0 Å². The Morgan fingerprint density at radius 3 is 1.58 bits per heavy atom. The molecule has 2 fully saturated rings. The predicted molar refractivity (Wildman–Crippen MR) is 89.9 cm³/mol. The molecule has 142 valence electrons. The molecule has 2 saturated heterocycles. The summed E-state index contributed by atoms with van der Waals surface area (Å²) in [5.41, 5.74) is 0. The lowest BCUT2D eigenvalue weighted by atomic mass is 10.2. The molecule has 2 aliphatic rings. The number of hydrogen-bond donors (Lipinski definition) is 0. The standard InChI is InChI=1S/C18H34O6/c1-15(23-17-7-3-5-9-21-17)13-19-11-12-20-14-16(2)24-18-8-4-6-10-22-18/h15-18H,3-14H2,1-2H3. The van der Waals surface area contributed by atoms with Gasteiger partial charge in [0, 0.05) is 13.2 Å². The molecule has 4 unspecified atom stereocenters. The van der Waals surface area contributed by atoms with Gasteiger partial charge in [-0.1, -0.05) is 0 Å². The molecule has 2 heterocycles. The Kier molecular flexibility index (Phi) is 10.2. The molecule has 0 aromatic carbocycles. The maximum atomic E-state index is 5.80. The van der Waals surface area contributed by atoms with Crippen LogP contribution in [-0.2, 0) is 28.4 Å². The predicted octanol–water partition coefficient (Wildman–Crippen LogP) is 2.88. The van der Waals surface area contributed by atoms with Crippen LogP contribution in [0.4, 0.5) is 0 Å². The van der Waals surface area contributed by atoms with Gasteiger partial charge in [-0.25, -0.2) is 0 Å². The number of rotatable bonds is 11. The summed E-state index contributed by atoms with van der Waals surface area (Å²) in [6, 6.07) is 0. The molecule has 2 aliphatic heterocycles. The first-order valence-electron chi connectivity index (χ1n) is 9.43. The molecule has 0 N–H and O–H groups in total. The van der Waals surface area contributed by atoms with Crippen molar-refractivity contribution < 1.29 is 28.4 Å². The largest absolute Gasteiger partial charge is 0.376 e. The molecule has 6 nitrogen and oxygen atoms in total. The summed E-state index contributed by atoms with van der Waals surface area (Å²) in [6.45, 7) is 7.88. The van der Waals surface area contributed by atoms with Crippen molar-refractivity contribution >= 4 is 0 Å². The van der Waals surface area contributed by atoms with Gasteiger partial charge in [0.05, 0.1) is 38.6 Å². The summed E-state index contributed by atoms with van der Waals surface area (Å²) in [7, 11) is 0. The van der Waals surface area contributed by atoms with Crippen LogP contribution in [0.2, 0.25) is 0 Å². The third-order valence-electron chi connectivity index (χ3n) is 4.12. The molecule has 0 spiro atoms. The maximum absolute atomic E-state index is 5.80. The molecular weight excluding hydrogens is 312 g/mol. The lowest BCUT2D eigenvalue weighted by Gasteiger charge is -2.26. The highest BCUT2D eigenvalue weighted by Crippen LogP contribution is 2.16. The molecular formula is C18H34O6. The van der Waals surface area contributed by atoms with Gasteiger partial charge in [-0.15, -0.1) is 0 Å². The molecule has 0 aliphatic carbocycles. The van der Waals surface area contributed by atoms with Gasteiger partial charge < -0.3 is 28.4 Å². The van der Waals surface area contributed by atoms with E-state index in [1.807, 2.05) is 13.8 Å². The average Bonchev–Trinajstić information content (AvgIpc) is 2.60. The smallest absolute Gasteiger partial charge is 0.158 e. The van der Waals surface area contributed by atoms with E-state index in [-0.39, 0.29) is 24.8 Å². The van der Waals surface area contributed by atoms with Crippen LogP contribution in [0, 0.1) is 0 Å². The molecule has 24 heavy (non-hydrogen) atoms. The second kappa shape index (κ2) is 12.2. The quantitative estimate of drug-likeness (QED) is 0.536. The van der Waals surface area contributed by atoms with E-state index in [9.17, 15) is 0 Å². The van der Waals surface area contributed by atoms with Crippen LogP contribution in [0.1, 0.15) is 52.4 Å². The van der Waals surface area contributed by atoms with Gasteiger partial charge >= 0.3 is 0 Å². The van der Waals surface area contributed by atoms with Crippen LogP contribution < -0.4 is 0 Å². The van der Waals surface area contributed by atoms with Gasteiger partial charge in [-0.2, -0.15) is 0 Å². The average molecular weight is 346 g/mol. The highest BCUT2D eigenvalue weighted by atomic mass is 16.7. The summed E-state index contributed by atoms with van der Waals surface area (Å²) in [4.78, 5) is 0. The molecule has 0 bridgehead atoms. The summed E-state index contributed by atoms with van der Waals surface area (Å²) < 4.78 is 33.9. The minimum atomic E-state index is -0.0615. The Hall–Kier alpha value is -0.240. The van der Waals surface area contributed by atoms with Gasteiger partial charge in [0.15, 0.2) is 12.6 Å². The lowest BCUT2D eigenvalue weighted by molar-refractivity contribution is -0.198. The molecule has 6 heteroatoms. The highest BCUT2D eigenvalue weighted by molar-refractivity contribution is 4.58. The summed E-state index contributed by atoms with van der Waals surface area (Å²) in [6.07, 6.45) is 6.55. The first-order chi connectivity index (χ1) is 11.7. The summed E-state index contributed by atoms with van der Waals surface area (Å²) in [5.74, 6) is 0. The van der Waals surface area contributed by atoms with Crippen molar-refractivity contribution in [2.24, 2.45) is 0 Å². The molecule has 0 radical (unpaired) electrons. The van der Waals surface area contributed by atoms with Crippen LogP contribution in [-0.4, -0.2) is 64.4 Å². The van der Waals surface area contributed by atoms with Crippen molar-refractivity contribution in [3.63, 3.8) is 0 Å². The van der Waals surface area contributed by atoms with E-state index in [2.05, 4.69) is 0 Å². The van der Waals surface area contributed by atoms with Gasteiger partial charge in [-0.05, 0) is 52.4 Å². The van der Waals surface area contributed by atoms with Gasteiger partial charge in [0.25, 0.3) is 0 Å². The van der Waals surface area contributed by atoms with Crippen LogP contribution in [0.25, 0.3) is 0 Å². The molecule has 0 aromatic rings. The van der Waals surface area contributed by atoms with Crippen molar-refractivity contribution in [1.82, 2.24) is 0 Å². The SMILES string of the molecule is CC(COCCOCC(C)OC1CCCCO1)OC1CCCCO1. The zero-order valence-corrected chi connectivity index (χ0v) is 15.2. The van der Waals surface area contributed by atoms with Crippen molar-refractivity contribution in [2.45, 2.75) is 77.2 Å². The van der Waals surface area contributed by atoms with Crippen LogP contribution in [0.3, 0.4) is 0 Å². The van der Waals surface area contributed by atoms with E-state index in [0.717, 1.165) is 38.9 Å². The zero-order chi connectivity index (χ0) is 17.0. The second-order valence-corrected chi connectivity index (χ2v) is 6.64. The van der Waals surface area contributed by atoms with E-state index >= 15 is 0 Å². The number of hydrogen-bond acceptors (Lipinski definition) is 6. The molecule has 0 saturated carbocycles. The Balaban J connectivity index is 1.40. The van der Waals surface area contributed by atoms with E-state index in [4.69, 9.17) is 28.4 Å². The Morgan fingerprint density at radius 2 is 1.21 bits per heavy atom. The first kappa shape index (κ1) is 20.1. The van der Waals surface area contributed by atoms with Crippen LogP contribution in [0.5, 0.6) is 0 Å². The molecule has 2 rings (SSSR count). The van der Waals surface area contributed by atoms with E-state index in [1.165, 1.54) is 12.8 Å². The molecule has 0 aromatic heterocycles. The van der Waals surface area contributed by atoms with Crippen molar-refractivity contribution in [2.75, 3.05) is 39.6 Å². The van der Waals surface area contributed by atoms with Crippen LogP contribution >= 0.6 is 0 Å². The number of ether oxygens (including phenoxy) is 6. The molecule has 0 amide bonds. The van der Waals surface area contributed by atoms with Gasteiger partial charge in [0.1, 0.15) is 0 Å². The monoisotopic (exact) mass is 346 g/mol. The normalized spacial score (nSPS) is 27.8. The fraction of sp³-hybridized carbons (Fsp3) is 1.00. The van der Waals surface area contributed by atoms with Crippen molar-refractivity contribution in [3.05, 3.63) is 0 Å². The second-order valence-electron chi connectivity index (χ2n) is 6.64. The Labute approximate surface area is 146 Å². The topological polar surface area (TPSA) is 55.4 Å². The minimum Gasteiger partial charge on any atom is -0.376 e. The summed E-state index contributed by atoms with van der Waals surface area (Å²) in [5, 5.41) is 0. The third kappa shape index (κ3) is 8.74. The maximum Gasteiger partial charge on any atom is 0.158 e. The Morgan fingerprint density at radius 1 is 0.750 bits per heavy atom. The van der Waals surface area contributed by atoms with E-state index < -0.39 is 0 Å². The molecule has 4 atom stereocenters. The highest BCUT2D eigenvalue weighted by Gasteiger charge is 2.18. The van der Waals surface area contributed by atoms with Gasteiger partial charge in [-0.3, -0.25) is 0 Å². The van der Waals surface area contributed by atoms with Crippen molar-refractivity contribution in [1.29, 1.82) is 0 Å². The van der Waals surface area contributed by atoms with Gasteiger partial charge in [0.2, 0.25) is 0 Å². The fourth-order valence-corrected chi connectivity index (χ4v) is 2.85. The van der Waals surface area contributed by atoms with E-state index in [1.54, 1.807) is 0 Å². The first-order valence-corrected chi connectivity index (χ1v) is 9.43. The minimum absolute atomic E-state index is 0.0406. The third-order valence-corrected chi connectivity index (χ3v) is 4.12. The van der Waals surface area contributed by atoms with Crippen LogP contribution in [0.15, 0.2) is 0 Å². The van der Waals surface area contributed by atoms with E-state index in [0.29, 0.717) is 26.4 Å². The Bertz CT molecular complexity index is 272. The fourth-order valence-electron chi connectivity index (χ4n) is 2.85. The zero-order valence-electron chi connectivity index (χ0n) is 15.2.